The third-order valence-corrected chi connectivity index (χ3v) is 8.96. The van der Waals surface area contributed by atoms with Crippen molar-refractivity contribution in [3.8, 4) is 0 Å². The van der Waals surface area contributed by atoms with Crippen molar-refractivity contribution in [2.75, 3.05) is 6.54 Å². The Bertz CT molecular complexity index is 1260. The lowest BCUT2D eigenvalue weighted by molar-refractivity contribution is -0.122. The van der Waals surface area contributed by atoms with Crippen LogP contribution in [0.2, 0.25) is 0 Å². The number of thiocarbonyl (C=S) groups is 1. The molecule has 0 radical (unpaired) electrons. The van der Waals surface area contributed by atoms with Gasteiger partial charge in [0.2, 0.25) is 0 Å². The molecule has 34 heavy (non-hydrogen) atoms. The number of amides is 1. The van der Waals surface area contributed by atoms with Crippen molar-refractivity contribution in [1.82, 2.24) is 9.47 Å². The first kappa shape index (κ1) is 23.8. The van der Waals surface area contributed by atoms with E-state index in [2.05, 4.69) is 82.2 Å². The summed E-state index contributed by atoms with van der Waals surface area (Å²) in [5.74, 6) is 0.811. The molecule has 0 bridgehead atoms. The van der Waals surface area contributed by atoms with Crippen molar-refractivity contribution in [3.05, 3.63) is 74.7 Å². The number of hydrogen-bond donors (Lipinski definition) is 0. The monoisotopic (exact) mass is 552 g/mol. The van der Waals surface area contributed by atoms with Crippen molar-refractivity contribution >= 4 is 67.1 Å². The van der Waals surface area contributed by atoms with Gasteiger partial charge in [-0.2, -0.15) is 0 Å². The quantitative estimate of drug-likeness (QED) is 0.221. The number of thioether (sulfide) groups is 1. The second kappa shape index (κ2) is 10.4. The van der Waals surface area contributed by atoms with E-state index in [4.69, 9.17) is 12.2 Å². The maximum atomic E-state index is 13.3. The molecule has 3 aromatic rings. The molecule has 0 N–H and O–H groups in total. The molecule has 1 aromatic heterocycles. The van der Waals surface area contributed by atoms with Crippen molar-refractivity contribution in [1.29, 1.82) is 0 Å². The Labute approximate surface area is 219 Å². The Kier molecular flexibility index (Phi) is 7.28. The van der Waals surface area contributed by atoms with Gasteiger partial charge in [0, 0.05) is 34.7 Å². The second-order valence-electron chi connectivity index (χ2n) is 9.28. The lowest BCUT2D eigenvalue weighted by atomic mass is 10.0. The van der Waals surface area contributed by atoms with Gasteiger partial charge in [0.1, 0.15) is 4.32 Å². The highest BCUT2D eigenvalue weighted by Gasteiger charge is 2.32. The first-order chi connectivity index (χ1) is 16.5. The number of halogens is 1. The molecule has 3 nitrogen and oxygen atoms in total. The number of benzene rings is 2. The van der Waals surface area contributed by atoms with Crippen LogP contribution in [0.1, 0.15) is 55.7 Å². The fourth-order valence-electron chi connectivity index (χ4n) is 5.22. The Balaban J connectivity index is 1.45. The molecule has 6 heteroatoms. The minimum absolute atomic E-state index is 0.0634. The smallest absolute Gasteiger partial charge is 0.266 e. The number of nitrogens with zero attached hydrogens (tertiary/aromatic N) is 2. The number of fused-ring (bicyclic) bond motifs is 1. The molecule has 0 atom stereocenters. The molecule has 2 aliphatic rings. The first-order valence-electron chi connectivity index (χ1n) is 12.1. The summed E-state index contributed by atoms with van der Waals surface area (Å²) in [4.78, 5) is 15.8. The molecule has 2 fully saturated rings. The van der Waals surface area contributed by atoms with Crippen LogP contribution in [0.25, 0.3) is 17.0 Å². The largest absolute Gasteiger partial charge is 0.342 e. The van der Waals surface area contributed by atoms with Crippen LogP contribution in [-0.4, -0.2) is 26.2 Å². The van der Waals surface area contributed by atoms with Crippen LogP contribution in [-0.2, 0) is 17.8 Å². The van der Waals surface area contributed by atoms with Crippen LogP contribution in [0.4, 0.5) is 0 Å². The Morgan fingerprint density at radius 2 is 1.91 bits per heavy atom. The zero-order valence-corrected chi connectivity index (χ0v) is 22.6. The van der Waals surface area contributed by atoms with E-state index in [0.29, 0.717) is 4.32 Å². The van der Waals surface area contributed by atoms with E-state index in [-0.39, 0.29) is 5.91 Å². The van der Waals surface area contributed by atoms with Crippen LogP contribution >= 0.6 is 39.9 Å². The van der Waals surface area contributed by atoms with Gasteiger partial charge >= 0.3 is 0 Å². The number of carbonyl (C=O) groups is 1. The third-order valence-electron chi connectivity index (χ3n) is 7.06. The molecule has 0 unspecified atom stereocenters. The van der Waals surface area contributed by atoms with Crippen LogP contribution in [0, 0.1) is 5.92 Å². The summed E-state index contributed by atoms with van der Waals surface area (Å²) in [5.41, 5.74) is 4.89. The lowest BCUT2D eigenvalue weighted by Gasteiger charge is -2.17. The molecular weight excluding hydrogens is 524 g/mol. The normalized spacial score (nSPS) is 18.2. The second-order valence-corrected chi connectivity index (χ2v) is 11.9. The average Bonchev–Trinajstić information content (AvgIpc) is 3.54. The van der Waals surface area contributed by atoms with E-state index in [0.717, 1.165) is 46.8 Å². The Morgan fingerprint density at radius 1 is 1.15 bits per heavy atom. The van der Waals surface area contributed by atoms with E-state index in [1.807, 2.05) is 4.90 Å². The number of aromatic nitrogens is 1. The lowest BCUT2D eigenvalue weighted by Crippen LogP contribution is -2.30. The Morgan fingerprint density at radius 3 is 2.65 bits per heavy atom. The molecule has 176 valence electrons. The van der Waals surface area contributed by atoms with E-state index in [1.54, 1.807) is 0 Å². The van der Waals surface area contributed by atoms with Gasteiger partial charge in [-0.25, -0.2) is 0 Å². The van der Waals surface area contributed by atoms with Crippen molar-refractivity contribution in [2.45, 2.75) is 52.0 Å². The van der Waals surface area contributed by atoms with Gasteiger partial charge < -0.3 is 4.57 Å². The molecule has 1 amide bonds. The summed E-state index contributed by atoms with van der Waals surface area (Å²) in [6.07, 6.45) is 11.5. The van der Waals surface area contributed by atoms with E-state index < -0.39 is 0 Å². The standard InChI is InChI=1S/C28H29BrN2OS2/c1-2-21-8-5-9-24-22(18-30(26(21)24)17-20-10-12-23(29)13-11-20)16-25-27(32)31(28(33)34-25)15-14-19-6-3-4-7-19/h5,8-13,16,18-19H,2-4,6-7,14-15,17H2,1H3/b25-16-. The summed E-state index contributed by atoms with van der Waals surface area (Å²) < 4.78 is 4.10. The highest BCUT2D eigenvalue weighted by Crippen LogP contribution is 2.36. The van der Waals surface area contributed by atoms with Gasteiger partial charge in [-0.05, 0) is 48.1 Å². The zero-order valence-electron chi connectivity index (χ0n) is 19.4. The molecule has 1 aliphatic carbocycles. The summed E-state index contributed by atoms with van der Waals surface area (Å²) in [6.45, 7) is 3.73. The van der Waals surface area contributed by atoms with Gasteiger partial charge in [-0.3, -0.25) is 9.69 Å². The molecule has 1 saturated heterocycles. The molecule has 5 rings (SSSR count). The SMILES string of the molecule is CCc1cccc2c(/C=C3\SC(=S)N(CCC4CCCC4)C3=O)cn(Cc3ccc(Br)cc3)c12. The first-order valence-corrected chi connectivity index (χ1v) is 14.2. The summed E-state index contributed by atoms with van der Waals surface area (Å²) in [5, 5.41) is 1.19. The van der Waals surface area contributed by atoms with E-state index in [1.165, 1.54) is 59.5 Å². The Hall–Kier alpha value is -1.89. The van der Waals surface area contributed by atoms with Crippen LogP contribution < -0.4 is 0 Å². The summed E-state index contributed by atoms with van der Waals surface area (Å²) >= 11 is 10.6. The fraction of sp³-hybridized carbons (Fsp3) is 0.357. The predicted molar refractivity (Wildman–Crippen MR) is 151 cm³/mol. The van der Waals surface area contributed by atoms with Crippen molar-refractivity contribution in [2.24, 2.45) is 5.92 Å². The minimum atomic E-state index is 0.0634. The maximum absolute atomic E-state index is 13.3. The predicted octanol–water partition coefficient (Wildman–Crippen LogP) is 7.80. The van der Waals surface area contributed by atoms with Gasteiger partial charge in [-0.15, -0.1) is 0 Å². The van der Waals surface area contributed by atoms with Crippen molar-refractivity contribution in [3.63, 3.8) is 0 Å². The van der Waals surface area contributed by atoms with Crippen LogP contribution in [0.15, 0.2) is 58.0 Å². The van der Waals surface area contributed by atoms with E-state index >= 15 is 0 Å². The van der Waals surface area contributed by atoms with E-state index in [9.17, 15) is 4.79 Å². The number of para-hydroxylation sites is 1. The highest BCUT2D eigenvalue weighted by atomic mass is 79.9. The highest BCUT2D eigenvalue weighted by molar-refractivity contribution is 9.10. The summed E-state index contributed by atoms with van der Waals surface area (Å²) in [7, 11) is 0. The molecule has 1 aliphatic heterocycles. The van der Waals surface area contributed by atoms with Crippen LogP contribution in [0.5, 0.6) is 0 Å². The number of carbonyl (C=O) groups excluding carboxylic acids is 1. The molecular formula is C28H29BrN2OS2. The van der Waals surface area contributed by atoms with Crippen LogP contribution in [0.3, 0.4) is 0 Å². The van der Waals surface area contributed by atoms with Gasteiger partial charge in [0.25, 0.3) is 5.91 Å². The number of rotatable bonds is 7. The topological polar surface area (TPSA) is 25.2 Å². The average molecular weight is 554 g/mol. The van der Waals surface area contributed by atoms with Gasteiger partial charge in [0.05, 0.1) is 10.4 Å². The maximum Gasteiger partial charge on any atom is 0.266 e. The van der Waals surface area contributed by atoms with Gasteiger partial charge in [0.15, 0.2) is 0 Å². The molecule has 1 saturated carbocycles. The summed E-state index contributed by atoms with van der Waals surface area (Å²) in [6, 6.07) is 15.0. The minimum Gasteiger partial charge on any atom is -0.342 e. The molecule has 0 spiro atoms. The van der Waals surface area contributed by atoms with Crippen molar-refractivity contribution < 1.29 is 4.79 Å². The number of aryl methyl sites for hydroxylation is 1. The third kappa shape index (κ3) is 4.91. The molecule has 2 heterocycles. The molecule has 2 aromatic carbocycles. The zero-order chi connectivity index (χ0) is 23.7. The number of hydrogen-bond acceptors (Lipinski definition) is 3. The van der Waals surface area contributed by atoms with Gasteiger partial charge in [-0.1, -0.05) is 103 Å². The fourth-order valence-corrected chi connectivity index (χ4v) is 6.79.